The smallest absolute Gasteiger partial charge is 0.262 e. The zero-order valence-corrected chi connectivity index (χ0v) is 15.6. The quantitative estimate of drug-likeness (QED) is 0.466. The number of nitrogens with one attached hydrogen (secondary N) is 1. The number of ether oxygens (including phenoxy) is 1. The number of thiazole rings is 1. The molecule has 142 valence electrons. The number of amides is 1. The fourth-order valence-corrected chi connectivity index (χ4v) is 3.55. The van der Waals surface area contributed by atoms with Crippen LogP contribution in [0, 0.1) is 0 Å². The summed E-state index contributed by atoms with van der Waals surface area (Å²) in [6.07, 6.45) is 1.56. The standard InChI is InChI=1S/C19H16N4O4S/c1-20-19-23(21-8-11-2-4-15(24)16(25)6-11)14(10-28-19)12-3-5-17-13(7-12)22-18(26)9-27-17/h2-8,10,24-25H,9H2,1H3,(H,22,26). The first kappa shape index (κ1) is 17.8. The summed E-state index contributed by atoms with van der Waals surface area (Å²) in [4.78, 5) is 16.5. The van der Waals surface area contributed by atoms with Crippen molar-refractivity contribution in [3.05, 3.63) is 52.1 Å². The number of anilines is 1. The summed E-state index contributed by atoms with van der Waals surface area (Å²) in [6.45, 7) is 0.00737. The van der Waals surface area contributed by atoms with Crippen molar-refractivity contribution >= 4 is 29.1 Å². The molecule has 0 saturated carbocycles. The molecule has 0 atom stereocenters. The van der Waals surface area contributed by atoms with E-state index in [0.717, 1.165) is 11.3 Å². The molecule has 2 heterocycles. The van der Waals surface area contributed by atoms with Gasteiger partial charge in [-0.25, -0.2) is 4.68 Å². The lowest BCUT2D eigenvalue weighted by Gasteiger charge is -2.18. The molecular weight excluding hydrogens is 380 g/mol. The van der Waals surface area contributed by atoms with Crippen LogP contribution in [0.15, 0.2) is 51.9 Å². The van der Waals surface area contributed by atoms with Crippen LogP contribution >= 0.6 is 11.3 Å². The van der Waals surface area contributed by atoms with E-state index in [1.54, 1.807) is 30.1 Å². The highest BCUT2D eigenvalue weighted by Gasteiger charge is 2.17. The highest BCUT2D eigenvalue weighted by atomic mass is 32.1. The summed E-state index contributed by atoms with van der Waals surface area (Å²) in [5.74, 6) is 0.0137. The summed E-state index contributed by atoms with van der Waals surface area (Å²) in [5.41, 5.74) is 2.84. The van der Waals surface area contributed by atoms with Gasteiger partial charge in [0.25, 0.3) is 5.91 Å². The van der Waals surface area contributed by atoms with Gasteiger partial charge in [-0.15, -0.1) is 11.3 Å². The molecule has 9 heteroatoms. The number of benzene rings is 2. The topological polar surface area (TPSA) is 108 Å². The van der Waals surface area contributed by atoms with Gasteiger partial charge in [-0.05, 0) is 42.0 Å². The normalized spacial score (nSPS) is 14.0. The van der Waals surface area contributed by atoms with Crippen LogP contribution in [0.2, 0.25) is 0 Å². The molecule has 1 aliphatic rings. The number of carbonyl (C=O) groups is 1. The molecule has 1 aromatic heterocycles. The number of hydrogen-bond donors (Lipinski definition) is 3. The van der Waals surface area contributed by atoms with Crippen LogP contribution in [0.1, 0.15) is 5.56 Å². The summed E-state index contributed by atoms with van der Waals surface area (Å²) >= 11 is 1.42. The lowest BCUT2D eigenvalue weighted by Crippen LogP contribution is -2.25. The number of hydrogen-bond acceptors (Lipinski definition) is 7. The van der Waals surface area contributed by atoms with E-state index in [1.807, 2.05) is 17.5 Å². The van der Waals surface area contributed by atoms with Crippen molar-refractivity contribution in [2.75, 3.05) is 19.0 Å². The fourth-order valence-electron chi connectivity index (χ4n) is 2.75. The maximum atomic E-state index is 11.6. The highest BCUT2D eigenvalue weighted by Crippen LogP contribution is 2.33. The van der Waals surface area contributed by atoms with Crippen molar-refractivity contribution in [3.63, 3.8) is 0 Å². The van der Waals surface area contributed by atoms with Crippen molar-refractivity contribution in [1.82, 2.24) is 4.68 Å². The van der Waals surface area contributed by atoms with Crippen molar-refractivity contribution in [2.24, 2.45) is 10.1 Å². The number of rotatable bonds is 3. The lowest BCUT2D eigenvalue weighted by molar-refractivity contribution is -0.118. The van der Waals surface area contributed by atoms with Crippen molar-refractivity contribution < 1.29 is 19.7 Å². The van der Waals surface area contributed by atoms with Gasteiger partial charge in [0.05, 0.1) is 17.6 Å². The zero-order valence-electron chi connectivity index (χ0n) is 14.8. The number of phenolic OH excluding ortho intramolecular Hbond substituents is 2. The maximum absolute atomic E-state index is 11.6. The molecule has 28 heavy (non-hydrogen) atoms. The first-order valence-corrected chi connectivity index (χ1v) is 9.20. The molecule has 0 saturated heterocycles. The maximum Gasteiger partial charge on any atom is 0.262 e. The second-order valence-electron chi connectivity index (χ2n) is 5.98. The second-order valence-corrected chi connectivity index (χ2v) is 6.82. The monoisotopic (exact) mass is 396 g/mol. The summed E-state index contributed by atoms with van der Waals surface area (Å²) in [7, 11) is 1.68. The van der Waals surface area contributed by atoms with E-state index in [2.05, 4.69) is 15.4 Å². The van der Waals surface area contributed by atoms with Gasteiger partial charge in [0.2, 0.25) is 4.80 Å². The van der Waals surface area contributed by atoms with E-state index in [0.29, 0.717) is 21.8 Å². The third-order valence-electron chi connectivity index (χ3n) is 4.11. The van der Waals surface area contributed by atoms with Crippen LogP contribution in [-0.4, -0.2) is 40.7 Å². The Morgan fingerprint density at radius 1 is 1.21 bits per heavy atom. The SMILES string of the molecule is CN=c1scc(-c2ccc3c(c2)NC(=O)CO3)n1N=Cc1ccc(O)c(O)c1. The number of carbonyl (C=O) groups excluding carboxylic acids is 1. The number of phenols is 2. The van der Waals surface area contributed by atoms with Gasteiger partial charge in [0.1, 0.15) is 5.75 Å². The van der Waals surface area contributed by atoms with Crippen LogP contribution in [0.4, 0.5) is 5.69 Å². The number of fused-ring (bicyclic) bond motifs is 1. The van der Waals surface area contributed by atoms with E-state index in [-0.39, 0.29) is 24.0 Å². The summed E-state index contributed by atoms with van der Waals surface area (Å²) < 4.78 is 7.07. The molecule has 0 unspecified atom stereocenters. The second kappa shape index (κ2) is 7.20. The third-order valence-corrected chi connectivity index (χ3v) is 5.01. The Hall–Kier alpha value is -3.59. The van der Waals surface area contributed by atoms with Gasteiger partial charge in [0, 0.05) is 18.0 Å². The Balaban J connectivity index is 1.75. The summed E-state index contributed by atoms with van der Waals surface area (Å²) in [6, 6.07) is 9.96. The molecule has 0 aliphatic carbocycles. The first-order chi connectivity index (χ1) is 13.5. The molecule has 2 aromatic carbocycles. The van der Waals surface area contributed by atoms with Gasteiger partial charge in [0.15, 0.2) is 18.1 Å². The Morgan fingerprint density at radius 2 is 2.07 bits per heavy atom. The van der Waals surface area contributed by atoms with Gasteiger partial charge in [-0.3, -0.25) is 9.79 Å². The molecule has 1 aliphatic heterocycles. The van der Waals surface area contributed by atoms with E-state index >= 15 is 0 Å². The highest BCUT2D eigenvalue weighted by molar-refractivity contribution is 7.07. The van der Waals surface area contributed by atoms with Crippen molar-refractivity contribution in [1.29, 1.82) is 0 Å². The van der Waals surface area contributed by atoms with Crippen LogP contribution in [0.25, 0.3) is 11.3 Å². The fraction of sp³-hybridized carbons (Fsp3) is 0.105. The molecule has 0 fully saturated rings. The third kappa shape index (κ3) is 3.35. The van der Waals surface area contributed by atoms with Gasteiger partial charge in [-0.1, -0.05) is 0 Å². The molecule has 1 amide bonds. The van der Waals surface area contributed by atoms with E-state index in [1.165, 1.54) is 23.5 Å². The van der Waals surface area contributed by atoms with Crippen LogP contribution in [-0.2, 0) is 4.79 Å². The predicted molar refractivity (Wildman–Crippen MR) is 106 cm³/mol. The average Bonchev–Trinajstić information content (AvgIpc) is 3.11. The summed E-state index contributed by atoms with van der Waals surface area (Å²) in [5, 5.41) is 28.3. The van der Waals surface area contributed by atoms with E-state index in [9.17, 15) is 15.0 Å². The molecule has 0 bridgehead atoms. The minimum absolute atomic E-state index is 0.00737. The molecule has 0 spiro atoms. The Kier molecular flexibility index (Phi) is 4.58. The average molecular weight is 396 g/mol. The largest absolute Gasteiger partial charge is 0.504 e. The van der Waals surface area contributed by atoms with Crippen LogP contribution in [0.3, 0.4) is 0 Å². The van der Waals surface area contributed by atoms with Crippen LogP contribution in [0.5, 0.6) is 17.2 Å². The zero-order chi connectivity index (χ0) is 19.7. The Morgan fingerprint density at radius 3 is 2.86 bits per heavy atom. The van der Waals surface area contributed by atoms with Crippen molar-refractivity contribution in [3.8, 4) is 28.5 Å². The predicted octanol–water partition coefficient (Wildman–Crippen LogP) is 2.37. The molecule has 8 nitrogen and oxygen atoms in total. The molecule has 4 rings (SSSR count). The van der Waals surface area contributed by atoms with E-state index < -0.39 is 0 Å². The van der Waals surface area contributed by atoms with Crippen LogP contribution < -0.4 is 14.9 Å². The molecule has 3 aromatic rings. The van der Waals surface area contributed by atoms with Gasteiger partial charge < -0.3 is 20.3 Å². The minimum atomic E-state index is -0.217. The number of aromatic hydroxyl groups is 2. The number of nitrogens with zero attached hydrogens (tertiary/aromatic N) is 3. The number of aromatic nitrogens is 1. The Labute approximate surface area is 163 Å². The molecular formula is C19H16N4O4S. The minimum Gasteiger partial charge on any atom is -0.504 e. The Bertz CT molecular complexity index is 1160. The van der Waals surface area contributed by atoms with Crippen molar-refractivity contribution in [2.45, 2.75) is 0 Å². The van der Waals surface area contributed by atoms with E-state index in [4.69, 9.17) is 4.74 Å². The molecule has 3 N–H and O–H groups in total. The first-order valence-electron chi connectivity index (χ1n) is 8.32. The lowest BCUT2D eigenvalue weighted by atomic mass is 10.1. The molecule has 0 radical (unpaired) electrons. The van der Waals surface area contributed by atoms with Gasteiger partial charge in [-0.2, -0.15) is 5.10 Å². The van der Waals surface area contributed by atoms with Gasteiger partial charge >= 0.3 is 0 Å².